The molecule has 0 unspecified atom stereocenters. The van der Waals surface area contributed by atoms with Crippen LogP contribution < -0.4 is 0 Å². The second kappa shape index (κ2) is 7.03. The molecule has 0 saturated heterocycles. The zero-order valence-electron chi connectivity index (χ0n) is 13.1. The monoisotopic (exact) mass is 335 g/mol. The van der Waals surface area contributed by atoms with Crippen molar-refractivity contribution in [1.82, 2.24) is 0 Å². The second-order valence-corrected chi connectivity index (χ2v) is 5.62. The van der Waals surface area contributed by atoms with Gasteiger partial charge in [0.25, 0.3) is 0 Å². The van der Waals surface area contributed by atoms with E-state index < -0.39 is 23.7 Å². The zero-order chi connectivity index (χ0) is 17.8. The van der Waals surface area contributed by atoms with Gasteiger partial charge in [-0.2, -0.15) is 0 Å². The molecule has 0 amide bonds. The van der Waals surface area contributed by atoms with Crippen LogP contribution in [0.5, 0.6) is 0 Å². The van der Waals surface area contributed by atoms with Gasteiger partial charge in [-0.05, 0) is 39.6 Å². The zero-order valence-corrected chi connectivity index (χ0v) is 13.1. The largest absolute Gasteiger partial charge is 0.481 e. The molecular weight excluding hydrogens is 321 g/mol. The number of aliphatic carboxylic acids is 1. The van der Waals surface area contributed by atoms with Crippen LogP contribution in [0.3, 0.4) is 0 Å². The highest BCUT2D eigenvalue weighted by molar-refractivity contribution is 5.84. The molecule has 0 aliphatic carbocycles. The van der Waals surface area contributed by atoms with Crippen LogP contribution in [0.4, 0.5) is 4.39 Å². The molecule has 0 fully saturated rings. The first-order chi connectivity index (χ1) is 12.1. The number of rotatable bonds is 5. The van der Waals surface area contributed by atoms with Gasteiger partial charge in [-0.1, -0.05) is 59.7 Å². The van der Waals surface area contributed by atoms with Crippen LogP contribution in [0, 0.1) is 5.82 Å². The van der Waals surface area contributed by atoms with Crippen LogP contribution in [0.1, 0.15) is 17.0 Å². The summed E-state index contributed by atoms with van der Waals surface area (Å²) in [5.41, 5.74) is 10.0. The Kier molecular flexibility index (Phi) is 4.64. The fraction of sp³-hybridized carbons (Fsp3) is 0.105. The summed E-state index contributed by atoms with van der Waals surface area (Å²) in [6.07, 6.45) is 0. The van der Waals surface area contributed by atoms with E-state index in [0.29, 0.717) is 11.1 Å². The third kappa shape index (κ3) is 3.44. The van der Waals surface area contributed by atoms with Crippen LogP contribution in [-0.4, -0.2) is 17.1 Å². The summed E-state index contributed by atoms with van der Waals surface area (Å²) >= 11 is 0. The minimum absolute atomic E-state index is 0.420. The van der Waals surface area contributed by atoms with E-state index in [1.807, 2.05) is 36.4 Å². The predicted molar refractivity (Wildman–Crippen MR) is 92.8 cm³/mol. The summed E-state index contributed by atoms with van der Waals surface area (Å²) in [6, 6.07) is 17.4. The minimum Gasteiger partial charge on any atom is -0.481 e. The van der Waals surface area contributed by atoms with Crippen LogP contribution in [-0.2, 0) is 4.79 Å². The quantitative estimate of drug-likeness (QED) is 0.409. The van der Waals surface area contributed by atoms with Gasteiger partial charge in [-0.25, -0.2) is 4.39 Å². The van der Waals surface area contributed by atoms with Crippen LogP contribution in [0.2, 0.25) is 0 Å². The van der Waals surface area contributed by atoms with E-state index in [0.717, 1.165) is 10.8 Å². The summed E-state index contributed by atoms with van der Waals surface area (Å²) in [4.78, 5) is 14.3. The molecule has 124 valence electrons. The third-order valence-corrected chi connectivity index (χ3v) is 4.11. The lowest BCUT2D eigenvalue weighted by atomic mass is 9.84. The molecule has 0 aliphatic rings. The molecule has 3 aromatic rings. The van der Waals surface area contributed by atoms with Gasteiger partial charge in [0.15, 0.2) is 0 Å². The van der Waals surface area contributed by atoms with Crippen LogP contribution in [0.25, 0.3) is 21.2 Å². The number of halogens is 1. The van der Waals surface area contributed by atoms with Crippen molar-refractivity contribution in [3.05, 3.63) is 94.1 Å². The first-order valence-corrected chi connectivity index (χ1v) is 7.61. The lowest BCUT2D eigenvalue weighted by Gasteiger charge is -2.22. The molecule has 3 rings (SSSR count). The molecule has 0 aliphatic heterocycles. The van der Waals surface area contributed by atoms with Gasteiger partial charge in [0.05, 0.1) is 0 Å². The Balaban J connectivity index is 2.19. The van der Waals surface area contributed by atoms with Crippen LogP contribution in [0.15, 0.2) is 71.8 Å². The Bertz CT molecular complexity index is 964. The molecule has 25 heavy (non-hydrogen) atoms. The number of nitrogens with zero attached hydrogens (tertiary/aromatic N) is 3. The fourth-order valence-electron chi connectivity index (χ4n) is 2.94. The summed E-state index contributed by atoms with van der Waals surface area (Å²) in [7, 11) is 0. The molecular formula is C19H14FN3O2. The molecule has 0 bridgehead atoms. The van der Waals surface area contributed by atoms with Crippen molar-refractivity contribution in [2.24, 2.45) is 5.11 Å². The summed E-state index contributed by atoms with van der Waals surface area (Å²) < 4.78 is 13.3. The number of azide groups is 1. The molecule has 2 atom stereocenters. The van der Waals surface area contributed by atoms with Crippen molar-refractivity contribution in [1.29, 1.82) is 0 Å². The molecule has 1 N–H and O–H groups in total. The topological polar surface area (TPSA) is 86.1 Å². The predicted octanol–water partition coefficient (Wildman–Crippen LogP) is 4.87. The maximum atomic E-state index is 13.3. The standard InChI is InChI=1S/C19H14FN3O2/c20-16-9-7-13(8-10-16)17(18(19(24)25)22-23-21)15-6-5-12-3-1-2-4-14(12)11-15/h1-11,17-18H,(H,24,25)/t17-,18+/m1/s1. The van der Waals surface area contributed by atoms with Crippen molar-refractivity contribution in [3.8, 4) is 0 Å². The van der Waals surface area contributed by atoms with E-state index in [1.54, 1.807) is 6.07 Å². The van der Waals surface area contributed by atoms with Gasteiger partial charge in [-0.15, -0.1) is 0 Å². The Labute approximate surface area is 143 Å². The number of carboxylic acids is 1. The van der Waals surface area contributed by atoms with Gasteiger partial charge >= 0.3 is 5.97 Å². The van der Waals surface area contributed by atoms with Gasteiger partial charge < -0.3 is 5.11 Å². The number of carbonyl (C=O) groups is 1. The van der Waals surface area contributed by atoms with Crippen molar-refractivity contribution in [3.63, 3.8) is 0 Å². The Morgan fingerprint density at radius 3 is 2.28 bits per heavy atom. The highest BCUT2D eigenvalue weighted by atomic mass is 19.1. The lowest BCUT2D eigenvalue weighted by molar-refractivity contribution is -0.138. The molecule has 0 heterocycles. The SMILES string of the molecule is [N-]=[N+]=N[C@H](C(=O)O)[C@H](c1ccc(F)cc1)c1ccc2ccccc2c1. The molecule has 0 saturated carbocycles. The van der Waals surface area contributed by atoms with Gasteiger partial charge in [0.2, 0.25) is 0 Å². The van der Waals surface area contributed by atoms with Crippen LogP contribution >= 0.6 is 0 Å². The number of benzene rings is 3. The maximum Gasteiger partial charge on any atom is 0.313 e. The fourth-order valence-corrected chi connectivity index (χ4v) is 2.94. The van der Waals surface area contributed by atoms with Gasteiger partial charge in [0.1, 0.15) is 11.9 Å². The Morgan fingerprint density at radius 1 is 1.00 bits per heavy atom. The molecule has 0 aromatic heterocycles. The Hall–Kier alpha value is -3.37. The Morgan fingerprint density at radius 2 is 1.64 bits per heavy atom. The van der Waals surface area contributed by atoms with E-state index in [4.69, 9.17) is 5.53 Å². The van der Waals surface area contributed by atoms with E-state index >= 15 is 0 Å². The van der Waals surface area contributed by atoms with E-state index in [2.05, 4.69) is 10.0 Å². The van der Waals surface area contributed by atoms with Gasteiger partial charge in [-0.3, -0.25) is 4.79 Å². The van der Waals surface area contributed by atoms with Crippen molar-refractivity contribution < 1.29 is 14.3 Å². The summed E-state index contributed by atoms with van der Waals surface area (Å²) in [5, 5.41) is 14.9. The second-order valence-electron chi connectivity index (χ2n) is 5.62. The summed E-state index contributed by atoms with van der Waals surface area (Å²) in [5.74, 6) is -2.38. The van der Waals surface area contributed by atoms with Crippen molar-refractivity contribution in [2.75, 3.05) is 0 Å². The number of hydrogen-bond acceptors (Lipinski definition) is 2. The number of carboxylic acid groups (broad SMARTS) is 1. The highest BCUT2D eigenvalue weighted by Crippen LogP contribution is 2.32. The van der Waals surface area contributed by atoms with Crippen molar-refractivity contribution in [2.45, 2.75) is 12.0 Å². The molecule has 0 radical (unpaired) electrons. The van der Waals surface area contributed by atoms with E-state index in [-0.39, 0.29) is 0 Å². The average molecular weight is 335 g/mol. The smallest absolute Gasteiger partial charge is 0.313 e. The van der Waals surface area contributed by atoms with Gasteiger partial charge in [0, 0.05) is 10.8 Å². The maximum absolute atomic E-state index is 13.3. The molecule has 6 heteroatoms. The lowest BCUT2D eigenvalue weighted by Crippen LogP contribution is -2.26. The first kappa shape index (κ1) is 16.5. The third-order valence-electron chi connectivity index (χ3n) is 4.11. The van der Waals surface area contributed by atoms with E-state index in [1.165, 1.54) is 24.3 Å². The molecule has 5 nitrogen and oxygen atoms in total. The normalized spacial score (nSPS) is 13.0. The minimum atomic E-state index is -1.34. The average Bonchev–Trinajstić information content (AvgIpc) is 2.62. The van der Waals surface area contributed by atoms with E-state index in [9.17, 15) is 14.3 Å². The number of hydrogen-bond donors (Lipinski definition) is 1. The number of fused-ring (bicyclic) bond motifs is 1. The summed E-state index contributed by atoms with van der Waals surface area (Å²) in [6.45, 7) is 0. The molecule has 0 spiro atoms. The molecule has 3 aromatic carbocycles. The highest BCUT2D eigenvalue weighted by Gasteiger charge is 2.30. The first-order valence-electron chi connectivity index (χ1n) is 7.61. The van der Waals surface area contributed by atoms with Crippen molar-refractivity contribution >= 4 is 16.7 Å².